The molecule has 1 heterocycles. The van der Waals surface area contributed by atoms with Crippen molar-refractivity contribution in [1.82, 2.24) is 15.5 Å². The molecule has 0 radical (unpaired) electrons. The number of hydrogen-bond acceptors (Lipinski definition) is 3. The van der Waals surface area contributed by atoms with Crippen molar-refractivity contribution in [2.24, 2.45) is 5.92 Å². The molecule has 24 heavy (non-hydrogen) atoms. The Balaban J connectivity index is 0.00000288. The molecule has 2 amide bonds. The predicted molar refractivity (Wildman–Crippen MR) is 98.5 cm³/mol. The molecule has 1 aliphatic heterocycles. The largest absolute Gasteiger partial charge is 0.340 e. The number of nitrogens with zero attached hydrogens (tertiary/aromatic N) is 1. The van der Waals surface area contributed by atoms with Crippen LogP contribution in [0.4, 0.5) is 0 Å². The Labute approximate surface area is 150 Å². The topological polar surface area (TPSA) is 61.4 Å². The summed E-state index contributed by atoms with van der Waals surface area (Å²) in [6, 6.07) is 8.60. The molecule has 5 nitrogen and oxygen atoms in total. The first-order chi connectivity index (χ1) is 11.1. The lowest BCUT2D eigenvalue weighted by Gasteiger charge is -2.29. The van der Waals surface area contributed by atoms with E-state index in [-0.39, 0.29) is 30.1 Å². The molecule has 1 fully saturated rings. The van der Waals surface area contributed by atoms with E-state index in [0.717, 1.165) is 32.5 Å². The van der Waals surface area contributed by atoms with Crippen LogP contribution in [0.3, 0.4) is 0 Å². The summed E-state index contributed by atoms with van der Waals surface area (Å²) in [6.45, 7) is 7.26. The van der Waals surface area contributed by atoms with E-state index < -0.39 is 6.04 Å². The molecule has 134 valence electrons. The molecule has 1 aromatic rings. The molecule has 0 spiro atoms. The summed E-state index contributed by atoms with van der Waals surface area (Å²) in [4.78, 5) is 27.2. The molecule has 2 N–H and O–H groups in total. The molecule has 1 aromatic carbocycles. The van der Waals surface area contributed by atoms with Crippen LogP contribution < -0.4 is 10.6 Å². The van der Waals surface area contributed by atoms with Crippen LogP contribution in [0.2, 0.25) is 0 Å². The second-order valence-electron chi connectivity index (χ2n) is 6.13. The monoisotopic (exact) mass is 353 g/mol. The third-order valence-electron chi connectivity index (χ3n) is 4.45. The molecule has 2 atom stereocenters. The second-order valence-corrected chi connectivity index (χ2v) is 6.13. The minimum absolute atomic E-state index is 0. The highest BCUT2D eigenvalue weighted by atomic mass is 35.5. The van der Waals surface area contributed by atoms with Gasteiger partial charge in [-0.05, 0) is 31.0 Å². The number of amides is 2. The van der Waals surface area contributed by atoms with Gasteiger partial charge < -0.3 is 15.5 Å². The van der Waals surface area contributed by atoms with Crippen LogP contribution in [0.25, 0.3) is 0 Å². The van der Waals surface area contributed by atoms with Crippen LogP contribution in [0, 0.1) is 5.92 Å². The van der Waals surface area contributed by atoms with Crippen LogP contribution in [0.5, 0.6) is 0 Å². The van der Waals surface area contributed by atoms with E-state index in [2.05, 4.69) is 10.6 Å². The molecule has 1 saturated heterocycles. The number of rotatable bonds is 5. The van der Waals surface area contributed by atoms with E-state index in [9.17, 15) is 9.59 Å². The summed E-state index contributed by atoms with van der Waals surface area (Å²) in [5.41, 5.74) is 0.589. The number of benzene rings is 1. The Morgan fingerprint density at radius 2 is 1.92 bits per heavy atom. The lowest BCUT2D eigenvalue weighted by atomic mass is 9.97. The minimum atomic E-state index is -0.467. The fourth-order valence-electron chi connectivity index (χ4n) is 2.76. The fourth-order valence-corrected chi connectivity index (χ4v) is 2.76. The normalized spacial score (nSPS) is 17.2. The van der Waals surface area contributed by atoms with Crippen molar-refractivity contribution in [1.29, 1.82) is 0 Å². The summed E-state index contributed by atoms with van der Waals surface area (Å²) in [5, 5.41) is 6.25. The first-order valence-electron chi connectivity index (χ1n) is 8.49. The molecule has 1 aliphatic rings. The van der Waals surface area contributed by atoms with Crippen molar-refractivity contribution in [3.63, 3.8) is 0 Å². The fraction of sp³-hybridized carbons (Fsp3) is 0.556. The summed E-state index contributed by atoms with van der Waals surface area (Å²) in [7, 11) is 0. The van der Waals surface area contributed by atoms with E-state index in [4.69, 9.17) is 0 Å². The molecule has 6 heteroatoms. The molecular formula is C18H28ClN3O2. The molecule has 0 bridgehead atoms. The Morgan fingerprint density at radius 1 is 1.21 bits per heavy atom. The summed E-state index contributed by atoms with van der Waals surface area (Å²) >= 11 is 0. The van der Waals surface area contributed by atoms with Gasteiger partial charge in [-0.2, -0.15) is 0 Å². The average Bonchev–Trinajstić information content (AvgIpc) is 2.88. The zero-order valence-electron chi connectivity index (χ0n) is 14.5. The second kappa shape index (κ2) is 10.3. The standard InChI is InChI=1S/C18H27N3O2.ClH/c1-3-14(2)16(18(23)21-12-7-10-19-11-13-21)20-17(22)15-8-5-4-6-9-15;/h4-6,8-9,14,16,19H,3,7,10-13H2,1-2H3,(H,20,22);1H. The molecule has 0 aromatic heterocycles. The molecule has 2 rings (SSSR count). The van der Waals surface area contributed by atoms with Crippen LogP contribution in [0.15, 0.2) is 30.3 Å². The van der Waals surface area contributed by atoms with E-state index in [1.165, 1.54) is 0 Å². The first kappa shape index (κ1) is 20.5. The minimum Gasteiger partial charge on any atom is -0.340 e. The molecule has 0 aliphatic carbocycles. The maximum absolute atomic E-state index is 12.9. The van der Waals surface area contributed by atoms with Gasteiger partial charge in [0.2, 0.25) is 5.91 Å². The van der Waals surface area contributed by atoms with Crippen LogP contribution in [-0.4, -0.2) is 48.9 Å². The first-order valence-corrected chi connectivity index (χ1v) is 8.49. The maximum Gasteiger partial charge on any atom is 0.251 e. The molecule has 0 saturated carbocycles. The van der Waals surface area contributed by atoms with E-state index in [1.807, 2.05) is 36.9 Å². The van der Waals surface area contributed by atoms with Crippen LogP contribution >= 0.6 is 12.4 Å². The number of carbonyl (C=O) groups excluding carboxylic acids is 2. The Kier molecular flexibility index (Phi) is 8.79. The van der Waals surface area contributed by atoms with Gasteiger partial charge >= 0.3 is 0 Å². The number of hydrogen-bond donors (Lipinski definition) is 2. The van der Waals surface area contributed by atoms with E-state index in [1.54, 1.807) is 12.1 Å². The molecular weight excluding hydrogens is 326 g/mol. The van der Waals surface area contributed by atoms with Gasteiger partial charge in [0.25, 0.3) is 5.91 Å². The van der Waals surface area contributed by atoms with Crippen LogP contribution in [-0.2, 0) is 4.79 Å². The zero-order valence-corrected chi connectivity index (χ0v) is 15.3. The van der Waals surface area contributed by atoms with Gasteiger partial charge in [0.1, 0.15) is 6.04 Å². The van der Waals surface area contributed by atoms with E-state index in [0.29, 0.717) is 12.1 Å². The maximum atomic E-state index is 12.9. The Hall–Kier alpha value is -1.59. The van der Waals surface area contributed by atoms with Gasteiger partial charge in [-0.3, -0.25) is 9.59 Å². The smallest absolute Gasteiger partial charge is 0.251 e. The highest BCUT2D eigenvalue weighted by Crippen LogP contribution is 2.13. The highest BCUT2D eigenvalue weighted by molar-refractivity contribution is 5.97. The number of carbonyl (C=O) groups is 2. The zero-order chi connectivity index (χ0) is 16.7. The van der Waals surface area contributed by atoms with Crippen molar-refractivity contribution in [3.8, 4) is 0 Å². The lowest BCUT2D eigenvalue weighted by Crippen LogP contribution is -2.52. The quantitative estimate of drug-likeness (QED) is 0.852. The van der Waals surface area contributed by atoms with Crippen molar-refractivity contribution < 1.29 is 9.59 Å². The van der Waals surface area contributed by atoms with Gasteiger partial charge in [-0.25, -0.2) is 0 Å². The Morgan fingerprint density at radius 3 is 2.58 bits per heavy atom. The summed E-state index contributed by atoms with van der Waals surface area (Å²) < 4.78 is 0. The Bertz CT molecular complexity index is 516. The highest BCUT2D eigenvalue weighted by Gasteiger charge is 2.30. The SMILES string of the molecule is CCC(C)C(NC(=O)c1ccccc1)C(=O)N1CCCNCC1.Cl. The van der Waals surface area contributed by atoms with Gasteiger partial charge in [0, 0.05) is 25.2 Å². The summed E-state index contributed by atoms with van der Waals surface area (Å²) in [6.07, 6.45) is 1.79. The van der Waals surface area contributed by atoms with Gasteiger partial charge in [-0.15, -0.1) is 12.4 Å². The molecule has 2 unspecified atom stereocenters. The van der Waals surface area contributed by atoms with Crippen molar-refractivity contribution in [2.75, 3.05) is 26.2 Å². The third kappa shape index (κ3) is 5.49. The number of nitrogens with one attached hydrogen (secondary N) is 2. The average molecular weight is 354 g/mol. The van der Waals surface area contributed by atoms with Gasteiger partial charge in [-0.1, -0.05) is 38.5 Å². The van der Waals surface area contributed by atoms with Crippen molar-refractivity contribution >= 4 is 24.2 Å². The predicted octanol–water partition coefficient (Wildman–Crippen LogP) is 2.07. The van der Waals surface area contributed by atoms with E-state index >= 15 is 0 Å². The summed E-state index contributed by atoms with van der Waals surface area (Å²) in [5.74, 6) is -0.0455. The third-order valence-corrected chi connectivity index (χ3v) is 4.45. The van der Waals surface area contributed by atoms with Crippen molar-refractivity contribution in [3.05, 3.63) is 35.9 Å². The lowest BCUT2D eigenvalue weighted by molar-refractivity contribution is -0.134. The van der Waals surface area contributed by atoms with Crippen molar-refractivity contribution in [2.45, 2.75) is 32.7 Å². The van der Waals surface area contributed by atoms with Crippen LogP contribution in [0.1, 0.15) is 37.0 Å². The number of halogens is 1. The van der Waals surface area contributed by atoms with Gasteiger partial charge in [0.05, 0.1) is 0 Å². The van der Waals surface area contributed by atoms with Gasteiger partial charge in [0.15, 0.2) is 0 Å².